The molecule has 3 fully saturated rings. The van der Waals surface area contributed by atoms with Gasteiger partial charge < -0.3 is 5.11 Å². The van der Waals surface area contributed by atoms with Crippen LogP contribution in [0.5, 0.6) is 0 Å². The van der Waals surface area contributed by atoms with Gasteiger partial charge in [-0.25, -0.2) is 0 Å². The predicted molar refractivity (Wildman–Crippen MR) is 86.8 cm³/mol. The lowest BCUT2D eigenvalue weighted by molar-refractivity contribution is -0.0166. The highest BCUT2D eigenvalue weighted by Crippen LogP contribution is 2.47. The van der Waals surface area contributed by atoms with Crippen LogP contribution in [0.25, 0.3) is 0 Å². The van der Waals surface area contributed by atoms with E-state index < -0.39 is 0 Å². The second-order valence-corrected chi connectivity index (χ2v) is 7.15. The first-order chi connectivity index (χ1) is 10.3. The molecular weight excluding hydrogens is 258 g/mol. The van der Waals surface area contributed by atoms with Crippen molar-refractivity contribution in [1.82, 2.24) is 4.90 Å². The average Bonchev–Trinajstić information content (AvgIpc) is 2.92. The largest absolute Gasteiger partial charge is 0.396 e. The third-order valence-electron chi connectivity index (χ3n) is 6.18. The van der Waals surface area contributed by atoms with Gasteiger partial charge in [0, 0.05) is 24.7 Å². The monoisotopic (exact) mass is 287 g/mol. The van der Waals surface area contributed by atoms with E-state index in [4.69, 9.17) is 6.42 Å². The van der Waals surface area contributed by atoms with Crippen molar-refractivity contribution in [2.75, 3.05) is 6.61 Å². The van der Waals surface area contributed by atoms with Crippen molar-refractivity contribution in [1.29, 1.82) is 0 Å². The second kappa shape index (κ2) is 6.99. The zero-order chi connectivity index (χ0) is 14.7. The quantitative estimate of drug-likeness (QED) is 0.802. The van der Waals surface area contributed by atoms with Crippen LogP contribution in [0.4, 0.5) is 0 Å². The van der Waals surface area contributed by atoms with Gasteiger partial charge in [0.1, 0.15) is 0 Å². The molecule has 21 heavy (non-hydrogen) atoms. The van der Waals surface area contributed by atoms with E-state index in [0.717, 1.165) is 36.8 Å². The number of allylic oxidation sites excluding steroid dienone is 2. The Bertz CT molecular complexity index is 410. The van der Waals surface area contributed by atoms with Gasteiger partial charge in [-0.2, -0.15) is 0 Å². The van der Waals surface area contributed by atoms with Crippen molar-refractivity contribution in [3.05, 3.63) is 12.2 Å². The molecule has 0 spiro atoms. The molecule has 1 aliphatic carbocycles. The minimum Gasteiger partial charge on any atom is -0.396 e. The third kappa shape index (κ3) is 3.05. The van der Waals surface area contributed by atoms with Crippen LogP contribution in [0, 0.1) is 24.2 Å². The fourth-order valence-electron chi connectivity index (χ4n) is 5.38. The zero-order valence-corrected chi connectivity index (χ0v) is 13.1. The molecule has 0 aromatic carbocycles. The first kappa shape index (κ1) is 15.1. The fraction of sp³-hybridized carbons (Fsp3) is 0.789. The molecule has 2 nitrogen and oxygen atoms in total. The molecule has 3 rings (SSSR count). The number of nitrogens with zero attached hydrogens (tertiary/aromatic N) is 1. The summed E-state index contributed by atoms with van der Waals surface area (Å²) in [5, 5.41) is 9.35. The molecule has 1 saturated carbocycles. The fourth-order valence-corrected chi connectivity index (χ4v) is 5.38. The molecular formula is C19H29NO. The number of fused-ring (bicyclic) bond motifs is 3. The van der Waals surface area contributed by atoms with E-state index in [1.165, 1.54) is 44.9 Å². The van der Waals surface area contributed by atoms with Crippen molar-refractivity contribution < 1.29 is 5.11 Å². The lowest BCUT2D eigenvalue weighted by Gasteiger charge is -2.51. The van der Waals surface area contributed by atoms with Crippen molar-refractivity contribution in [2.45, 2.75) is 75.9 Å². The minimum absolute atomic E-state index is 0.347. The number of piperidine rings is 1. The van der Waals surface area contributed by atoms with Crippen LogP contribution >= 0.6 is 0 Å². The highest BCUT2D eigenvalue weighted by molar-refractivity contribution is 5.10. The predicted octanol–water partition coefficient (Wildman–Crippen LogP) is 3.36. The van der Waals surface area contributed by atoms with E-state index in [1.54, 1.807) is 0 Å². The molecule has 0 bridgehead atoms. The zero-order valence-electron chi connectivity index (χ0n) is 13.1. The SMILES string of the molecule is C#C/C=C\C[C@@H]1CCC[C@@H]2[C@H]1CC[C@H]1CC[C@@H](CCO)N12. The Hall–Kier alpha value is -0.780. The van der Waals surface area contributed by atoms with Crippen molar-refractivity contribution >= 4 is 0 Å². The molecule has 0 aromatic rings. The average molecular weight is 287 g/mol. The van der Waals surface area contributed by atoms with Crippen LogP contribution in [0.15, 0.2) is 12.2 Å². The number of aliphatic hydroxyl groups excluding tert-OH is 1. The van der Waals surface area contributed by atoms with E-state index >= 15 is 0 Å². The van der Waals surface area contributed by atoms with Crippen LogP contribution in [0.3, 0.4) is 0 Å². The van der Waals surface area contributed by atoms with Gasteiger partial charge in [-0.15, -0.1) is 6.42 Å². The third-order valence-corrected chi connectivity index (χ3v) is 6.18. The summed E-state index contributed by atoms with van der Waals surface area (Å²) in [5.41, 5.74) is 0. The van der Waals surface area contributed by atoms with Gasteiger partial charge in [0.15, 0.2) is 0 Å². The lowest BCUT2D eigenvalue weighted by atomic mass is 9.69. The van der Waals surface area contributed by atoms with Gasteiger partial charge in [0.2, 0.25) is 0 Å². The summed E-state index contributed by atoms with van der Waals surface area (Å²) in [6.45, 7) is 0.347. The first-order valence-corrected chi connectivity index (χ1v) is 8.84. The number of hydrogen-bond donors (Lipinski definition) is 1. The summed E-state index contributed by atoms with van der Waals surface area (Å²) in [4.78, 5) is 2.83. The summed E-state index contributed by atoms with van der Waals surface area (Å²) >= 11 is 0. The summed E-state index contributed by atoms with van der Waals surface area (Å²) in [5.74, 6) is 4.30. The van der Waals surface area contributed by atoms with E-state index in [-0.39, 0.29) is 0 Å². The van der Waals surface area contributed by atoms with Crippen LogP contribution in [0.1, 0.15) is 57.8 Å². The number of aliphatic hydroxyl groups is 1. The Kier molecular flexibility index (Phi) is 5.03. The van der Waals surface area contributed by atoms with Gasteiger partial charge >= 0.3 is 0 Å². The first-order valence-electron chi connectivity index (χ1n) is 8.84. The summed E-state index contributed by atoms with van der Waals surface area (Å²) in [7, 11) is 0. The lowest BCUT2D eigenvalue weighted by Crippen LogP contribution is -2.54. The Morgan fingerprint density at radius 3 is 2.81 bits per heavy atom. The molecule has 0 amide bonds. The summed E-state index contributed by atoms with van der Waals surface area (Å²) < 4.78 is 0. The molecule has 0 aromatic heterocycles. The molecule has 2 aliphatic heterocycles. The van der Waals surface area contributed by atoms with Crippen LogP contribution in [0.2, 0.25) is 0 Å². The normalized spacial score (nSPS) is 39.9. The Balaban J connectivity index is 1.71. The van der Waals surface area contributed by atoms with Crippen LogP contribution in [-0.4, -0.2) is 34.7 Å². The van der Waals surface area contributed by atoms with Crippen molar-refractivity contribution in [3.63, 3.8) is 0 Å². The number of hydrogen-bond acceptors (Lipinski definition) is 2. The van der Waals surface area contributed by atoms with E-state index in [1.807, 2.05) is 6.08 Å². The van der Waals surface area contributed by atoms with Gasteiger partial charge in [-0.1, -0.05) is 18.4 Å². The van der Waals surface area contributed by atoms with Gasteiger partial charge in [0.05, 0.1) is 0 Å². The smallest absolute Gasteiger partial charge is 0.0445 e. The van der Waals surface area contributed by atoms with Gasteiger partial charge in [0.25, 0.3) is 0 Å². The molecule has 5 atom stereocenters. The maximum Gasteiger partial charge on any atom is 0.0445 e. The van der Waals surface area contributed by atoms with Crippen molar-refractivity contribution in [3.8, 4) is 12.3 Å². The van der Waals surface area contributed by atoms with E-state index in [9.17, 15) is 5.11 Å². The van der Waals surface area contributed by atoms with E-state index in [0.29, 0.717) is 12.6 Å². The summed E-state index contributed by atoms with van der Waals surface area (Å²) in [6, 6.07) is 2.23. The molecule has 3 aliphatic rings. The Labute approximate surface area is 129 Å². The maximum atomic E-state index is 9.35. The van der Waals surface area contributed by atoms with E-state index in [2.05, 4.69) is 16.9 Å². The summed E-state index contributed by atoms with van der Waals surface area (Å²) in [6.07, 6.45) is 21.1. The number of rotatable bonds is 4. The Morgan fingerprint density at radius 2 is 2.00 bits per heavy atom. The minimum atomic E-state index is 0.347. The molecule has 116 valence electrons. The highest BCUT2D eigenvalue weighted by Gasteiger charge is 2.46. The molecule has 1 N–H and O–H groups in total. The van der Waals surface area contributed by atoms with Crippen molar-refractivity contribution in [2.24, 2.45) is 11.8 Å². The van der Waals surface area contributed by atoms with Gasteiger partial charge in [-0.3, -0.25) is 4.90 Å². The topological polar surface area (TPSA) is 23.5 Å². The molecule has 0 radical (unpaired) electrons. The standard InChI is InChI=1S/C19H29NO/c1-2-3-4-6-15-7-5-8-19-18(15)12-11-16-9-10-17(13-14-21)20(16)19/h1,3-4,15-19,21H,5-14H2/b4-3-/t15-,16-,17+,18+,19-/m1/s1. The highest BCUT2D eigenvalue weighted by atomic mass is 16.3. The molecule has 2 saturated heterocycles. The van der Waals surface area contributed by atoms with Crippen LogP contribution in [-0.2, 0) is 0 Å². The number of terminal acetylenes is 1. The Morgan fingerprint density at radius 1 is 1.14 bits per heavy atom. The molecule has 0 unspecified atom stereocenters. The van der Waals surface area contributed by atoms with Crippen LogP contribution < -0.4 is 0 Å². The maximum absolute atomic E-state index is 9.35. The second-order valence-electron chi connectivity index (χ2n) is 7.15. The van der Waals surface area contributed by atoms with Gasteiger partial charge in [-0.05, 0) is 69.3 Å². The molecule has 2 heteroatoms. The molecule has 2 heterocycles.